The molecule has 0 saturated heterocycles. The Balaban J connectivity index is 1.80. The van der Waals surface area contributed by atoms with Crippen LogP contribution < -0.4 is 16.0 Å². The number of hydrogen-bond donors (Lipinski definition) is 4. The number of nitrogens with one attached hydrogen (secondary N) is 4. The first-order valence-corrected chi connectivity index (χ1v) is 9.77. The van der Waals surface area contributed by atoms with Gasteiger partial charge in [-0.25, -0.2) is 9.97 Å². The Bertz CT molecular complexity index is 949. The Kier molecular flexibility index (Phi) is 6.79. The van der Waals surface area contributed by atoms with Crippen LogP contribution in [0.25, 0.3) is 22.6 Å². The van der Waals surface area contributed by atoms with Gasteiger partial charge in [-0.1, -0.05) is 0 Å². The van der Waals surface area contributed by atoms with Crippen molar-refractivity contribution in [1.82, 2.24) is 30.5 Å². The van der Waals surface area contributed by atoms with Crippen molar-refractivity contribution < 1.29 is 4.79 Å². The molecule has 1 aromatic carbocycles. The monoisotopic (exact) mass is 395 g/mol. The molecule has 0 aliphatic rings. The molecule has 3 rings (SSSR count). The maximum Gasteiger partial charge on any atom is 0.253 e. The van der Waals surface area contributed by atoms with E-state index in [0.29, 0.717) is 22.6 Å². The van der Waals surface area contributed by atoms with Gasteiger partial charge < -0.3 is 25.8 Å². The molecule has 1 amide bonds. The maximum atomic E-state index is 12.7. The van der Waals surface area contributed by atoms with Gasteiger partial charge in [-0.2, -0.15) is 0 Å². The van der Waals surface area contributed by atoms with E-state index < -0.39 is 0 Å². The van der Waals surface area contributed by atoms with Crippen LogP contribution in [0.3, 0.4) is 0 Å². The minimum Gasteiger partial charge on any atom is -0.384 e. The molecule has 0 spiro atoms. The van der Waals surface area contributed by atoms with E-state index in [2.05, 4.69) is 30.9 Å². The van der Waals surface area contributed by atoms with E-state index in [1.807, 2.05) is 57.2 Å². The van der Waals surface area contributed by atoms with E-state index in [1.54, 1.807) is 12.3 Å². The molecule has 8 heteroatoms. The van der Waals surface area contributed by atoms with Gasteiger partial charge in [-0.15, -0.1) is 0 Å². The average Bonchev–Trinajstić information content (AvgIpc) is 3.12. The molecule has 4 N–H and O–H groups in total. The Morgan fingerprint density at radius 3 is 2.62 bits per heavy atom. The summed E-state index contributed by atoms with van der Waals surface area (Å²) in [5, 5.41) is 9.48. The molecule has 0 aliphatic heterocycles. The Morgan fingerprint density at radius 1 is 1.17 bits per heavy atom. The molecular weight excluding hydrogens is 366 g/mol. The molecular formula is C21H29N7O. The van der Waals surface area contributed by atoms with Crippen LogP contribution >= 0.6 is 0 Å². The van der Waals surface area contributed by atoms with Crippen LogP contribution in [0, 0.1) is 0 Å². The molecule has 0 bridgehead atoms. The molecule has 0 fully saturated rings. The van der Waals surface area contributed by atoms with Gasteiger partial charge in [0.2, 0.25) is 0 Å². The van der Waals surface area contributed by atoms with Crippen LogP contribution in [0.15, 0.2) is 36.5 Å². The number of aromatic amines is 1. The standard InChI is InChI=1S/C21H29N7O/c1-14(13-28(3)4)25-21(29)17-9-10-24-20-18(17)26-19(27-20)15-5-7-16(8-6-15)23-12-11-22-2/h5-10,14,22-23H,11-13H2,1-4H3,(H,25,29)(H,24,26,27). The SMILES string of the molecule is CNCCNc1ccc(-c2nc3nccc(C(=O)NC(C)CN(C)C)c3[nH]2)cc1. The van der Waals surface area contributed by atoms with Crippen molar-refractivity contribution in [3.63, 3.8) is 0 Å². The number of aromatic nitrogens is 3. The molecule has 1 atom stereocenters. The summed E-state index contributed by atoms with van der Waals surface area (Å²) in [4.78, 5) is 26.9. The lowest BCUT2D eigenvalue weighted by Crippen LogP contribution is -2.39. The van der Waals surface area contributed by atoms with Gasteiger partial charge in [0, 0.05) is 43.1 Å². The first kappa shape index (κ1) is 20.8. The van der Waals surface area contributed by atoms with Crippen LogP contribution in [0.2, 0.25) is 0 Å². The summed E-state index contributed by atoms with van der Waals surface area (Å²) in [7, 11) is 5.89. The summed E-state index contributed by atoms with van der Waals surface area (Å²) in [5.41, 5.74) is 3.71. The summed E-state index contributed by atoms with van der Waals surface area (Å²) < 4.78 is 0. The number of amides is 1. The van der Waals surface area contributed by atoms with E-state index in [1.165, 1.54) is 0 Å². The largest absolute Gasteiger partial charge is 0.384 e. The number of benzene rings is 1. The predicted molar refractivity (Wildman–Crippen MR) is 117 cm³/mol. The molecule has 2 heterocycles. The minimum absolute atomic E-state index is 0.0334. The molecule has 29 heavy (non-hydrogen) atoms. The molecule has 2 aromatic heterocycles. The zero-order valence-electron chi connectivity index (χ0n) is 17.4. The summed E-state index contributed by atoms with van der Waals surface area (Å²) in [6.45, 7) is 4.51. The number of rotatable bonds is 9. The Morgan fingerprint density at radius 2 is 1.93 bits per heavy atom. The second kappa shape index (κ2) is 9.49. The first-order valence-electron chi connectivity index (χ1n) is 9.77. The van der Waals surface area contributed by atoms with E-state index in [9.17, 15) is 4.79 Å². The van der Waals surface area contributed by atoms with Gasteiger partial charge in [0.05, 0.1) is 11.1 Å². The number of nitrogens with zero attached hydrogens (tertiary/aromatic N) is 3. The third kappa shape index (κ3) is 5.30. The summed E-state index contributed by atoms with van der Waals surface area (Å²) >= 11 is 0. The van der Waals surface area contributed by atoms with Crippen LogP contribution in [0.4, 0.5) is 5.69 Å². The molecule has 3 aromatic rings. The van der Waals surface area contributed by atoms with Crippen molar-refractivity contribution in [2.45, 2.75) is 13.0 Å². The highest BCUT2D eigenvalue weighted by molar-refractivity contribution is 6.04. The molecule has 154 valence electrons. The Labute approximate surface area is 171 Å². The number of carbonyl (C=O) groups excluding carboxylic acids is 1. The number of pyridine rings is 1. The number of H-pyrrole nitrogens is 1. The molecule has 0 aliphatic carbocycles. The summed E-state index contributed by atoms with van der Waals surface area (Å²) in [6, 6.07) is 9.78. The summed E-state index contributed by atoms with van der Waals surface area (Å²) in [6.07, 6.45) is 1.62. The smallest absolute Gasteiger partial charge is 0.253 e. The van der Waals surface area contributed by atoms with E-state index in [0.717, 1.165) is 30.9 Å². The fraction of sp³-hybridized carbons (Fsp3) is 0.381. The van der Waals surface area contributed by atoms with Gasteiger partial charge in [0.25, 0.3) is 5.91 Å². The van der Waals surface area contributed by atoms with Crippen molar-refractivity contribution in [2.75, 3.05) is 46.1 Å². The molecule has 8 nitrogen and oxygen atoms in total. The normalized spacial score (nSPS) is 12.3. The number of hydrogen-bond acceptors (Lipinski definition) is 6. The highest BCUT2D eigenvalue weighted by Gasteiger charge is 2.17. The van der Waals surface area contributed by atoms with Crippen molar-refractivity contribution in [3.8, 4) is 11.4 Å². The fourth-order valence-electron chi connectivity index (χ4n) is 3.21. The number of fused-ring (bicyclic) bond motifs is 1. The van der Waals surface area contributed by atoms with Crippen LogP contribution in [0.5, 0.6) is 0 Å². The zero-order chi connectivity index (χ0) is 20.8. The van der Waals surface area contributed by atoms with Crippen molar-refractivity contribution in [2.24, 2.45) is 0 Å². The van der Waals surface area contributed by atoms with Gasteiger partial charge in [-0.05, 0) is 58.4 Å². The Hall–Kier alpha value is -2.97. The van der Waals surface area contributed by atoms with Crippen molar-refractivity contribution in [3.05, 3.63) is 42.1 Å². The molecule has 0 radical (unpaired) electrons. The average molecular weight is 396 g/mol. The van der Waals surface area contributed by atoms with Crippen molar-refractivity contribution >= 4 is 22.8 Å². The lowest BCUT2D eigenvalue weighted by Gasteiger charge is -2.18. The van der Waals surface area contributed by atoms with Crippen LogP contribution in [0.1, 0.15) is 17.3 Å². The maximum absolute atomic E-state index is 12.7. The number of likely N-dealkylation sites (N-methyl/N-ethyl adjacent to an activating group) is 2. The number of carbonyl (C=O) groups is 1. The van der Waals surface area contributed by atoms with E-state index in [4.69, 9.17) is 0 Å². The molecule has 1 unspecified atom stereocenters. The van der Waals surface area contributed by atoms with Gasteiger partial charge in [0.1, 0.15) is 5.82 Å². The third-order valence-corrected chi connectivity index (χ3v) is 4.52. The highest BCUT2D eigenvalue weighted by Crippen LogP contribution is 2.23. The predicted octanol–water partition coefficient (Wildman–Crippen LogP) is 1.94. The van der Waals surface area contributed by atoms with Gasteiger partial charge in [0.15, 0.2) is 5.65 Å². The van der Waals surface area contributed by atoms with Gasteiger partial charge >= 0.3 is 0 Å². The quantitative estimate of drug-likeness (QED) is 0.414. The minimum atomic E-state index is -0.133. The topological polar surface area (TPSA) is 98.0 Å². The first-order chi connectivity index (χ1) is 14.0. The second-order valence-corrected chi connectivity index (χ2v) is 7.39. The van der Waals surface area contributed by atoms with Crippen LogP contribution in [-0.2, 0) is 0 Å². The van der Waals surface area contributed by atoms with Gasteiger partial charge in [-0.3, -0.25) is 4.79 Å². The second-order valence-electron chi connectivity index (χ2n) is 7.39. The lowest BCUT2D eigenvalue weighted by molar-refractivity contribution is 0.0936. The lowest BCUT2D eigenvalue weighted by atomic mass is 10.2. The van der Waals surface area contributed by atoms with Crippen molar-refractivity contribution in [1.29, 1.82) is 0 Å². The molecule has 0 saturated carbocycles. The highest BCUT2D eigenvalue weighted by atomic mass is 16.1. The number of anilines is 1. The fourth-order valence-corrected chi connectivity index (χ4v) is 3.21. The van der Waals surface area contributed by atoms with E-state index in [-0.39, 0.29) is 11.9 Å². The summed E-state index contributed by atoms with van der Waals surface area (Å²) in [5.74, 6) is 0.557. The number of imidazole rings is 1. The zero-order valence-corrected chi connectivity index (χ0v) is 17.4. The van der Waals surface area contributed by atoms with Crippen LogP contribution in [-0.4, -0.2) is 72.6 Å². The van der Waals surface area contributed by atoms with E-state index >= 15 is 0 Å². The third-order valence-electron chi connectivity index (χ3n) is 4.52.